The van der Waals surface area contributed by atoms with Crippen LogP contribution in [0.5, 0.6) is 0 Å². The van der Waals surface area contributed by atoms with Crippen LogP contribution in [0.25, 0.3) is 0 Å². The predicted octanol–water partition coefficient (Wildman–Crippen LogP) is 3.15. The van der Waals surface area contributed by atoms with Crippen LogP contribution in [0.3, 0.4) is 0 Å². The molecule has 14 heavy (non-hydrogen) atoms. The Bertz CT molecular complexity index is 248. The summed E-state index contributed by atoms with van der Waals surface area (Å²) in [7, 11) is 0. The van der Waals surface area contributed by atoms with Crippen LogP contribution in [-0.4, -0.2) is 11.8 Å². The molecular formula is C12H19NS. The van der Waals surface area contributed by atoms with Gasteiger partial charge in [-0.3, -0.25) is 0 Å². The maximum atomic E-state index is 6.05. The van der Waals surface area contributed by atoms with E-state index in [0.29, 0.717) is 12.0 Å². The number of thioether (sulfide) groups is 1. The van der Waals surface area contributed by atoms with Crippen LogP contribution < -0.4 is 5.73 Å². The lowest BCUT2D eigenvalue weighted by Gasteiger charge is -2.17. The lowest BCUT2D eigenvalue weighted by Crippen LogP contribution is -2.30. The zero-order chi connectivity index (χ0) is 10.4. The van der Waals surface area contributed by atoms with Gasteiger partial charge in [0.1, 0.15) is 0 Å². The summed E-state index contributed by atoms with van der Waals surface area (Å²) in [6, 6.07) is 10.7. The van der Waals surface area contributed by atoms with Crippen molar-refractivity contribution in [2.24, 2.45) is 11.7 Å². The van der Waals surface area contributed by atoms with Crippen molar-refractivity contribution in [3.8, 4) is 0 Å². The van der Waals surface area contributed by atoms with Gasteiger partial charge in [-0.1, -0.05) is 38.5 Å². The fourth-order valence-electron chi connectivity index (χ4n) is 1.18. The second-order valence-electron chi connectivity index (χ2n) is 3.67. The molecule has 0 saturated carbocycles. The summed E-state index contributed by atoms with van der Waals surface area (Å²) in [5.41, 5.74) is 6.05. The Morgan fingerprint density at radius 1 is 1.29 bits per heavy atom. The van der Waals surface area contributed by atoms with Crippen LogP contribution in [0.4, 0.5) is 0 Å². The standard InChI is InChI=1S/C12H19NS/c1-3-10(2)12(13)9-14-11-7-5-4-6-8-11/h4-8,10,12H,3,9,13H2,1-2H3/t10-,12+/m1/s1. The van der Waals surface area contributed by atoms with E-state index in [2.05, 4.69) is 38.1 Å². The molecule has 0 fully saturated rings. The molecule has 78 valence electrons. The first kappa shape index (κ1) is 11.6. The van der Waals surface area contributed by atoms with Crippen LogP contribution in [0.1, 0.15) is 20.3 Å². The molecule has 0 aliphatic heterocycles. The van der Waals surface area contributed by atoms with Gasteiger partial charge in [0.05, 0.1) is 0 Å². The van der Waals surface area contributed by atoms with Crippen LogP contribution in [0, 0.1) is 5.92 Å². The highest BCUT2D eigenvalue weighted by atomic mass is 32.2. The van der Waals surface area contributed by atoms with Gasteiger partial charge < -0.3 is 5.73 Å². The van der Waals surface area contributed by atoms with Gasteiger partial charge in [0.15, 0.2) is 0 Å². The van der Waals surface area contributed by atoms with Crippen molar-refractivity contribution in [3.05, 3.63) is 30.3 Å². The van der Waals surface area contributed by atoms with Gasteiger partial charge in [0, 0.05) is 16.7 Å². The third-order valence-electron chi connectivity index (χ3n) is 2.56. The van der Waals surface area contributed by atoms with Crippen LogP contribution in [-0.2, 0) is 0 Å². The normalized spacial score (nSPS) is 15.1. The van der Waals surface area contributed by atoms with Crippen LogP contribution in [0.2, 0.25) is 0 Å². The van der Waals surface area contributed by atoms with E-state index in [0.717, 1.165) is 12.2 Å². The SMILES string of the molecule is CC[C@@H](C)[C@@H](N)CSc1ccccc1. The van der Waals surface area contributed by atoms with Gasteiger partial charge in [0.25, 0.3) is 0 Å². The van der Waals surface area contributed by atoms with Gasteiger partial charge in [0.2, 0.25) is 0 Å². The van der Waals surface area contributed by atoms with Crippen molar-refractivity contribution < 1.29 is 0 Å². The molecule has 0 aromatic heterocycles. The summed E-state index contributed by atoms with van der Waals surface area (Å²) >= 11 is 1.85. The van der Waals surface area contributed by atoms with E-state index < -0.39 is 0 Å². The lowest BCUT2D eigenvalue weighted by atomic mass is 10.0. The minimum atomic E-state index is 0.310. The number of nitrogens with two attached hydrogens (primary N) is 1. The third-order valence-corrected chi connectivity index (χ3v) is 3.72. The minimum absolute atomic E-state index is 0.310. The quantitative estimate of drug-likeness (QED) is 0.754. The average Bonchev–Trinajstić information content (AvgIpc) is 2.26. The molecule has 0 aliphatic carbocycles. The largest absolute Gasteiger partial charge is 0.327 e. The summed E-state index contributed by atoms with van der Waals surface area (Å²) in [5.74, 6) is 1.63. The summed E-state index contributed by atoms with van der Waals surface area (Å²) in [6.07, 6.45) is 1.16. The molecule has 1 nitrogen and oxygen atoms in total. The number of benzene rings is 1. The van der Waals surface area contributed by atoms with E-state index in [-0.39, 0.29) is 0 Å². The molecule has 0 spiro atoms. The van der Waals surface area contributed by atoms with E-state index >= 15 is 0 Å². The summed E-state index contributed by atoms with van der Waals surface area (Å²) in [4.78, 5) is 1.31. The number of rotatable bonds is 5. The molecule has 1 rings (SSSR count). The Morgan fingerprint density at radius 2 is 1.93 bits per heavy atom. The van der Waals surface area contributed by atoms with Gasteiger partial charge in [-0.2, -0.15) is 0 Å². The Hall–Kier alpha value is -0.470. The maximum absolute atomic E-state index is 6.05. The zero-order valence-corrected chi connectivity index (χ0v) is 9.76. The minimum Gasteiger partial charge on any atom is -0.327 e. The van der Waals surface area contributed by atoms with Crippen LogP contribution >= 0.6 is 11.8 Å². The molecule has 0 bridgehead atoms. The molecule has 0 aliphatic rings. The van der Waals surface area contributed by atoms with Gasteiger partial charge >= 0.3 is 0 Å². The molecular weight excluding hydrogens is 190 g/mol. The molecule has 0 amide bonds. The van der Waals surface area contributed by atoms with Crippen molar-refractivity contribution in [3.63, 3.8) is 0 Å². The van der Waals surface area contributed by atoms with Gasteiger partial charge in [-0.05, 0) is 18.1 Å². The molecule has 2 heteroatoms. The maximum Gasteiger partial charge on any atom is 0.0159 e. The van der Waals surface area contributed by atoms with Gasteiger partial charge in [-0.15, -0.1) is 11.8 Å². The van der Waals surface area contributed by atoms with Crippen LogP contribution in [0.15, 0.2) is 35.2 Å². The van der Waals surface area contributed by atoms with E-state index in [4.69, 9.17) is 5.73 Å². The van der Waals surface area contributed by atoms with Gasteiger partial charge in [-0.25, -0.2) is 0 Å². The summed E-state index contributed by atoms with van der Waals surface area (Å²) in [5, 5.41) is 0. The van der Waals surface area contributed by atoms with E-state index in [9.17, 15) is 0 Å². The molecule has 0 unspecified atom stereocenters. The number of hydrogen-bond donors (Lipinski definition) is 1. The Labute approximate surface area is 91.1 Å². The van der Waals surface area contributed by atoms with Crippen molar-refractivity contribution in [2.75, 3.05) is 5.75 Å². The van der Waals surface area contributed by atoms with E-state index in [1.54, 1.807) is 0 Å². The smallest absolute Gasteiger partial charge is 0.0159 e. The van der Waals surface area contributed by atoms with Crippen molar-refractivity contribution in [2.45, 2.75) is 31.2 Å². The summed E-state index contributed by atoms with van der Waals surface area (Å²) in [6.45, 7) is 4.41. The third kappa shape index (κ3) is 3.72. The fraction of sp³-hybridized carbons (Fsp3) is 0.500. The fourth-order valence-corrected chi connectivity index (χ4v) is 2.24. The molecule has 1 aromatic rings. The molecule has 2 atom stereocenters. The highest BCUT2D eigenvalue weighted by Gasteiger charge is 2.10. The first-order valence-electron chi connectivity index (χ1n) is 5.17. The van der Waals surface area contributed by atoms with E-state index in [1.807, 2.05) is 17.8 Å². The second-order valence-corrected chi connectivity index (χ2v) is 4.77. The predicted molar refractivity (Wildman–Crippen MR) is 64.6 cm³/mol. The molecule has 0 heterocycles. The lowest BCUT2D eigenvalue weighted by molar-refractivity contribution is 0.475. The van der Waals surface area contributed by atoms with Crippen molar-refractivity contribution in [1.82, 2.24) is 0 Å². The zero-order valence-electron chi connectivity index (χ0n) is 8.94. The summed E-state index contributed by atoms with van der Waals surface area (Å²) < 4.78 is 0. The van der Waals surface area contributed by atoms with Crippen molar-refractivity contribution in [1.29, 1.82) is 0 Å². The number of hydrogen-bond acceptors (Lipinski definition) is 2. The molecule has 0 radical (unpaired) electrons. The Balaban J connectivity index is 2.34. The first-order valence-corrected chi connectivity index (χ1v) is 6.16. The average molecular weight is 209 g/mol. The highest BCUT2D eigenvalue weighted by molar-refractivity contribution is 7.99. The first-order chi connectivity index (χ1) is 6.74. The second kappa shape index (κ2) is 6.10. The van der Waals surface area contributed by atoms with Crippen molar-refractivity contribution >= 4 is 11.8 Å². The molecule has 0 saturated heterocycles. The Kier molecular flexibility index (Phi) is 5.05. The monoisotopic (exact) mass is 209 g/mol. The Morgan fingerprint density at radius 3 is 2.50 bits per heavy atom. The molecule has 2 N–H and O–H groups in total. The van der Waals surface area contributed by atoms with E-state index in [1.165, 1.54) is 4.90 Å². The highest BCUT2D eigenvalue weighted by Crippen LogP contribution is 2.20. The topological polar surface area (TPSA) is 26.0 Å². The molecule has 1 aromatic carbocycles.